The van der Waals surface area contributed by atoms with Crippen molar-refractivity contribution in [3.8, 4) is 11.5 Å². The molecule has 0 aliphatic carbocycles. The third-order valence-electron chi connectivity index (χ3n) is 6.37. The number of nitrogens with one attached hydrogen (secondary N) is 1. The van der Waals surface area contributed by atoms with Crippen LogP contribution in [0.4, 0.5) is 5.69 Å². The van der Waals surface area contributed by atoms with Crippen LogP contribution in [0, 0.1) is 5.92 Å². The first-order valence-electron chi connectivity index (χ1n) is 13.3. The van der Waals surface area contributed by atoms with Gasteiger partial charge in [0.2, 0.25) is 21.8 Å². The summed E-state index contributed by atoms with van der Waals surface area (Å²) in [5.41, 5.74) is 1.15. The fourth-order valence-corrected chi connectivity index (χ4v) is 5.65. The molecule has 12 heteroatoms. The second kappa shape index (κ2) is 14.3. The number of carbonyl (C=O) groups excluding carboxylic acids is 2. The Morgan fingerprint density at radius 2 is 1.73 bits per heavy atom. The van der Waals surface area contributed by atoms with Crippen LogP contribution in [-0.4, -0.2) is 63.7 Å². The molecule has 1 heterocycles. The van der Waals surface area contributed by atoms with Gasteiger partial charge >= 0.3 is 0 Å². The predicted molar refractivity (Wildman–Crippen MR) is 158 cm³/mol. The topological polar surface area (TPSA) is 105 Å². The van der Waals surface area contributed by atoms with Crippen molar-refractivity contribution >= 4 is 50.7 Å². The van der Waals surface area contributed by atoms with E-state index in [0.29, 0.717) is 53.4 Å². The Labute approximate surface area is 246 Å². The van der Waals surface area contributed by atoms with Gasteiger partial charge in [-0.25, -0.2) is 8.42 Å². The molecule has 1 aliphatic rings. The van der Waals surface area contributed by atoms with E-state index in [2.05, 4.69) is 5.32 Å². The maximum atomic E-state index is 13.6. The van der Waals surface area contributed by atoms with E-state index in [9.17, 15) is 18.0 Å². The quantitative estimate of drug-likeness (QED) is 0.345. The number of fused-ring (bicyclic) bond motifs is 1. The van der Waals surface area contributed by atoms with Gasteiger partial charge in [0.05, 0.1) is 22.0 Å². The molecule has 2 aromatic rings. The maximum Gasteiger partial charge on any atom is 0.242 e. The standard InChI is InChI=1S/C28H37Cl2N3O6S/c1-5-24(28(35)31-17-19(2)3)32(18-20-8-10-22(29)23(30)15-20)27(34)7-6-12-33(40(4,36)37)21-9-11-25-26(16-21)39-14-13-38-25/h8-11,15-16,19,24H,5-7,12-14,17-18H2,1-4H3,(H,31,35). The fraction of sp³-hybridized carbons (Fsp3) is 0.500. The number of hydrogen-bond acceptors (Lipinski definition) is 6. The maximum absolute atomic E-state index is 13.6. The number of hydrogen-bond donors (Lipinski definition) is 1. The highest BCUT2D eigenvalue weighted by Crippen LogP contribution is 2.35. The summed E-state index contributed by atoms with van der Waals surface area (Å²) in [6.07, 6.45) is 1.80. The number of rotatable bonds is 13. The molecule has 0 aromatic heterocycles. The number of halogens is 2. The first-order chi connectivity index (χ1) is 18.9. The van der Waals surface area contributed by atoms with Gasteiger partial charge in [-0.1, -0.05) is 50.0 Å². The molecule has 0 spiro atoms. The molecule has 0 saturated carbocycles. The van der Waals surface area contributed by atoms with Gasteiger partial charge in [0.1, 0.15) is 19.3 Å². The van der Waals surface area contributed by atoms with Crippen LogP contribution in [0.2, 0.25) is 10.0 Å². The minimum absolute atomic E-state index is 0.0336. The summed E-state index contributed by atoms with van der Waals surface area (Å²) in [7, 11) is -3.65. The van der Waals surface area contributed by atoms with E-state index in [1.54, 1.807) is 36.4 Å². The molecular formula is C28H37Cl2N3O6S. The van der Waals surface area contributed by atoms with Gasteiger partial charge in [0, 0.05) is 32.1 Å². The van der Waals surface area contributed by atoms with Crippen LogP contribution in [0.3, 0.4) is 0 Å². The molecule has 0 bridgehead atoms. The summed E-state index contributed by atoms with van der Waals surface area (Å²) >= 11 is 12.3. The van der Waals surface area contributed by atoms with Gasteiger partial charge in [-0.3, -0.25) is 13.9 Å². The first kappa shape index (κ1) is 31.8. The van der Waals surface area contributed by atoms with Crippen LogP contribution in [0.15, 0.2) is 36.4 Å². The van der Waals surface area contributed by atoms with E-state index in [0.717, 1.165) is 11.8 Å². The third kappa shape index (κ3) is 8.65. The molecule has 1 atom stereocenters. The summed E-state index contributed by atoms with van der Waals surface area (Å²) in [4.78, 5) is 28.2. The molecule has 1 aliphatic heterocycles. The van der Waals surface area contributed by atoms with Gasteiger partial charge in [0.15, 0.2) is 11.5 Å². The Kier molecular flexibility index (Phi) is 11.4. The van der Waals surface area contributed by atoms with Crippen LogP contribution in [0.5, 0.6) is 11.5 Å². The van der Waals surface area contributed by atoms with Crippen LogP contribution >= 0.6 is 23.2 Å². The monoisotopic (exact) mass is 613 g/mol. The van der Waals surface area contributed by atoms with E-state index in [4.69, 9.17) is 32.7 Å². The first-order valence-corrected chi connectivity index (χ1v) is 15.9. The second-order valence-corrected chi connectivity index (χ2v) is 12.8. The van der Waals surface area contributed by atoms with E-state index in [-0.39, 0.29) is 43.7 Å². The highest BCUT2D eigenvalue weighted by atomic mass is 35.5. The molecule has 0 saturated heterocycles. The van der Waals surface area contributed by atoms with Crippen LogP contribution in [0.25, 0.3) is 0 Å². The van der Waals surface area contributed by atoms with Crippen molar-refractivity contribution in [1.29, 1.82) is 0 Å². The minimum atomic E-state index is -3.65. The number of amides is 2. The summed E-state index contributed by atoms with van der Waals surface area (Å²) in [5.74, 6) is 0.771. The van der Waals surface area contributed by atoms with Crippen molar-refractivity contribution in [2.75, 3.05) is 36.9 Å². The van der Waals surface area contributed by atoms with E-state index >= 15 is 0 Å². The lowest BCUT2D eigenvalue weighted by Crippen LogP contribution is -2.49. The van der Waals surface area contributed by atoms with Gasteiger partial charge in [-0.15, -0.1) is 0 Å². The van der Waals surface area contributed by atoms with Crippen LogP contribution in [0.1, 0.15) is 45.6 Å². The molecule has 2 aromatic carbocycles. The lowest BCUT2D eigenvalue weighted by Gasteiger charge is -2.31. The molecule has 40 heavy (non-hydrogen) atoms. The molecule has 9 nitrogen and oxygen atoms in total. The van der Waals surface area contributed by atoms with Crippen molar-refractivity contribution in [2.45, 2.75) is 52.6 Å². The molecular weight excluding hydrogens is 577 g/mol. The smallest absolute Gasteiger partial charge is 0.242 e. The summed E-state index contributed by atoms with van der Waals surface area (Å²) in [6.45, 7) is 7.36. The molecule has 220 valence electrons. The SMILES string of the molecule is CCC(C(=O)NCC(C)C)N(Cc1ccc(Cl)c(Cl)c1)C(=O)CCCN(c1ccc2c(c1)OCCO2)S(C)(=O)=O. The van der Waals surface area contributed by atoms with Crippen LogP contribution in [-0.2, 0) is 26.2 Å². The summed E-state index contributed by atoms with van der Waals surface area (Å²) in [5, 5.41) is 3.67. The summed E-state index contributed by atoms with van der Waals surface area (Å²) in [6, 6.07) is 9.34. The molecule has 2 amide bonds. The van der Waals surface area contributed by atoms with E-state index in [1.165, 1.54) is 9.21 Å². The molecule has 0 fully saturated rings. The highest BCUT2D eigenvalue weighted by Gasteiger charge is 2.29. The lowest BCUT2D eigenvalue weighted by atomic mass is 10.1. The Balaban J connectivity index is 1.78. The Hall–Kier alpha value is -2.69. The average molecular weight is 615 g/mol. The van der Waals surface area contributed by atoms with E-state index in [1.807, 2.05) is 20.8 Å². The number of nitrogens with zero attached hydrogens (tertiary/aromatic N) is 2. The fourth-order valence-electron chi connectivity index (χ4n) is 4.37. The van der Waals surface area contributed by atoms with Crippen molar-refractivity contribution < 1.29 is 27.5 Å². The molecule has 1 unspecified atom stereocenters. The van der Waals surface area contributed by atoms with Crippen molar-refractivity contribution in [3.05, 3.63) is 52.0 Å². The van der Waals surface area contributed by atoms with Crippen molar-refractivity contribution in [3.63, 3.8) is 0 Å². The largest absolute Gasteiger partial charge is 0.486 e. The predicted octanol–water partition coefficient (Wildman–Crippen LogP) is 4.89. The van der Waals surface area contributed by atoms with Crippen LogP contribution < -0.4 is 19.1 Å². The number of carbonyl (C=O) groups is 2. The Morgan fingerprint density at radius 1 is 1.02 bits per heavy atom. The Morgan fingerprint density at radius 3 is 2.35 bits per heavy atom. The highest BCUT2D eigenvalue weighted by molar-refractivity contribution is 7.92. The molecule has 3 rings (SSSR count). The van der Waals surface area contributed by atoms with Gasteiger partial charge in [-0.05, 0) is 48.6 Å². The molecule has 0 radical (unpaired) electrons. The second-order valence-electron chi connectivity index (χ2n) is 10.1. The van der Waals surface area contributed by atoms with Crippen molar-refractivity contribution in [2.24, 2.45) is 5.92 Å². The number of ether oxygens (including phenoxy) is 2. The van der Waals surface area contributed by atoms with Crippen molar-refractivity contribution in [1.82, 2.24) is 10.2 Å². The number of sulfonamides is 1. The normalized spacial score (nSPS) is 13.6. The lowest BCUT2D eigenvalue weighted by molar-refractivity contribution is -0.141. The van der Waals surface area contributed by atoms with Gasteiger partial charge < -0.3 is 19.7 Å². The number of anilines is 1. The zero-order chi connectivity index (χ0) is 29.4. The third-order valence-corrected chi connectivity index (χ3v) is 8.31. The zero-order valence-electron chi connectivity index (χ0n) is 23.3. The average Bonchev–Trinajstić information content (AvgIpc) is 2.90. The summed E-state index contributed by atoms with van der Waals surface area (Å²) < 4.78 is 37.7. The Bertz CT molecular complexity index is 1300. The van der Waals surface area contributed by atoms with Gasteiger partial charge in [-0.2, -0.15) is 0 Å². The zero-order valence-corrected chi connectivity index (χ0v) is 25.6. The minimum Gasteiger partial charge on any atom is -0.486 e. The molecule has 1 N–H and O–H groups in total. The van der Waals surface area contributed by atoms with E-state index < -0.39 is 16.1 Å². The number of benzene rings is 2. The van der Waals surface area contributed by atoms with Gasteiger partial charge in [0.25, 0.3) is 0 Å².